The molecular formula is C11H7F4N3O. The summed E-state index contributed by atoms with van der Waals surface area (Å²) in [6.45, 7) is 0. The molecular weight excluding hydrogens is 266 g/mol. The van der Waals surface area contributed by atoms with Crippen LogP contribution in [0.2, 0.25) is 0 Å². The predicted octanol–water partition coefficient (Wildman–Crippen LogP) is 3.01. The fourth-order valence-electron chi connectivity index (χ4n) is 1.31. The molecule has 0 unspecified atom stereocenters. The van der Waals surface area contributed by atoms with Crippen molar-refractivity contribution < 1.29 is 22.3 Å². The summed E-state index contributed by atoms with van der Waals surface area (Å²) in [5.41, 5.74) is 4.00. The number of benzene rings is 1. The quantitative estimate of drug-likeness (QED) is 0.854. The van der Waals surface area contributed by atoms with Gasteiger partial charge in [0.1, 0.15) is 11.6 Å². The highest BCUT2D eigenvalue weighted by Gasteiger charge is 2.34. The van der Waals surface area contributed by atoms with E-state index in [1.165, 1.54) is 12.4 Å². The molecule has 0 radical (unpaired) electrons. The smallest absolute Gasteiger partial charge is 0.419 e. The third-order valence-electron chi connectivity index (χ3n) is 2.15. The van der Waals surface area contributed by atoms with Gasteiger partial charge in [-0.25, -0.2) is 14.4 Å². The molecule has 0 fully saturated rings. The van der Waals surface area contributed by atoms with Gasteiger partial charge in [0.25, 0.3) is 5.88 Å². The van der Waals surface area contributed by atoms with E-state index in [0.717, 1.165) is 6.07 Å². The van der Waals surface area contributed by atoms with Gasteiger partial charge in [0, 0.05) is 12.4 Å². The number of aromatic nitrogens is 2. The second kappa shape index (κ2) is 4.71. The minimum Gasteiger partial charge on any atom is -0.436 e. The molecule has 1 heterocycles. The zero-order chi connectivity index (χ0) is 14.0. The van der Waals surface area contributed by atoms with Crippen LogP contribution in [-0.4, -0.2) is 9.97 Å². The van der Waals surface area contributed by atoms with Gasteiger partial charge in [-0.1, -0.05) is 0 Å². The van der Waals surface area contributed by atoms with E-state index in [9.17, 15) is 17.6 Å². The normalized spacial score (nSPS) is 11.4. The number of ether oxygens (including phenoxy) is 1. The van der Waals surface area contributed by atoms with E-state index in [-0.39, 0.29) is 17.4 Å². The van der Waals surface area contributed by atoms with Gasteiger partial charge in [-0.2, -0.15) is 13.2 Å². The van der Waals surface area contributed by atoms with E-state index in [1.54, 1.807) is 0 Å². The number of hydrogen-bond donors (Lipinski definition) is 1. The summed E-state index contributed by atoms with van der Waals surface area (Å²) in [5.74, 6) is -1.85. The average Bonchev–Trinajstić information content (AvgIpc) is 2.33. The van der Waals surface area contributed by atoms with Crippen LogP contribution in [0.3, 0.4) is 0 Å². The number of hydrogen-bond acceptors (Lipinski definition) is 4. The Morgan fingerprint density at radius 2 is 1.79 bits per heavy atom. The van der Waals surface area contributed by atoms with E-state index in [1.807, 2.05) is 0 Å². The number of anilines is 1. The highest BCUT2D eigenvalue weighted by Crippen LogP contribution is 2.34. The summed E-state index contributed by atoms with van der Waals surface area (Å²) in [6, 6.07) is 2.23. The molecule has 0 saturated heterocycles. The number of nitrogens with two attached hydrogens (primary N) is 1. The SMILES string of the molecule is Nc1nccnc1Oc1ccc(F)c(C(F)(F)F)c1. The lowest BCUT2D eigenvalue weighted by atomic mass is 10.2. The van der Waals surface area contributed by atoms with Crippen LogP contribution < -0.4 is 10.5 Å². The van der Waals surface area contributed by atoms with Gasteiger partial charge in [-0.15, -0.1) is 0 Å². The number of alkyl halides is 3. The van der Waals surface area contributed by atoms with Gasteiger partial charge in [-0.05, 0) is 18.2 Å². The highest BCUT2D eigenvalue weighted by atomic mass is 19.4. The second-order valence-electron chi connectivity index (χ2n) is 3.49. The first-order valence-corrected chi connectivity index (χ1v) is 4.99. The molecule has 2 aromatic rings. The molecule has 19 heavy (non-hydrogen) atoms. The first kappa shape index (κ1) is 13.1. The molecule has 0 aliphatic carbocycles. The van der Waals surface area contributed by atoms with Crippen LogP contribution in [0.4, 0.5) is 23.4 Å². The first-order chi connectivity index (χ1) is 8.88. The molecule has 100 valence electrons. The Kier molecular flexibility index (Phi) is 3.24. The highest BCUT2D eigenvalue weighted by molar-refractivity contribution is 5.43. The standard InChI is InChI=1S/C11H7F4N3O/c12-8-2-1-6(5-7(8)11(13,14)15)19-10-9(16)17-3-4-18-10/h1-5H,(H2,16,17). The van der Waals surface area contributed by atoms with Crippen LogP contribution in [0.5, 0.6) is 11.6 Å². The van der Waals surface area contributed by atoms with Crippen molar-refractivity contribution in [1.29, 1.82) is 0 Å². The molecule has 8 heteroatoms. The van der Waals surface area contributed by atoms with Crippen LogP contribution in [-0.2, 0) is 6.18 Å². The molecule has 1 aromatic heterocycles. The van der Waals surface area contributed by atoms with Crippen molar-refractivity contribution in [2.75, 3.05) is 5.73 Å². The van der Waals surface area contributed by atoms with Gasteiger partial charge in [0.2, 0.25) is 0 Å². The van der Waals surface area contributed by atoms with E-state index in [2.05, 4.69) is 9.97 Å². The van der Waals surface area contributed by atoms with Gasteiger partial charge in [0.05, 0.1) is 5.56 Å². The summed E-state index contributed by atoms with van der Waals surface area (Å²) >= 11 is 0. The Balaban J connectivity index is 2.35. The number of halogens is 4. The Hall–Kier alpha value is -2.38. The topological polar surface area (TPSA) is 61.0 Å². The molecule has 1 aromatic carbocycles. The summed E-state index contributed by atoms with van der Waals surface area (Å²) in [5, 5.41) is 0. The summed E-state index contributed by atoms with van der Waals surface area (Å²) in [6.07, 6.45) is -2.24. The van der Waals surface area contributed by atoms with Gasteiger partial charge in [-0.3, -0.25) is 0 Å². The minimum absolute atomic E-state index is 0.0830. The molecule has 4 nitrogen and oxygen atoms in total. The third kappa shape index (κ3) is 2.90. The average molecular weight is 273 g/mol. The first-order valence-electron chi connectivity index (χ1n) is 4.99. The van der Waals surface area contributed by atoms with Crippen molar-refractivity contribution in [3.8, 4) is 11.6 Å². The van der Waals surface area contributed by atoms with Crippen molar-refractivity contribution >= 4 is 5.82 Å². The van der Waals surface area contributed by atoms with Crippen molar-refractivity contribution in [3.05, 3.63) is 42.0 Å². The molecule has 0 bridgehead atoms. The van der Waals surface area contributed by atoms with Gasteiger partial charge >= 0.3 is 6.18 Å². The Bertz CT molecular complexity index is 601. The van der Waals surface area contributed by atoms with E-state index >= 15 is 0 Å². The Labute approximate surface area is 104 Å². The lowest BCUT2D eigenvalue weighted by molar-refractivity contribution is -0.140. The van der Waals surface area contributed by atoms with E-state index in [4.69, 9.17) is 10.5 Å². The maximum absolute atomic E-state index is 13.1. The maximum atomic E-state index is 13.1. The lowest BCUT2D eigenvalue weighted by Crippen LogP contribution is -2.08. The molecule has 0 atom stereocenters. The molecule has 0 amide bonds. The van der Waals surface area contributed by atoms with Crippen molar-refractivity contribution in [2.24, 2.45) is 0 Å². The van der Waals surface area contributed by atoms with E-state index in [0.29, 0.717) is 12.1 Å². The fourth-order valence-corrected chi connectivity index (χ4v) is 1.31. The molecule has 0 aliphatic heterocycles. The van der Waals surface area contributed by atoms with Crippen LogP contribution in [0.1, 0.15) is 5.56 Å². The number of nitrogen functional groups attached to an aromatic ring is 1. The maximum Gasteiger partial charge on any atom is 0.419 e. The van der Waals surface area contributed by atoms with Crippen molar-refractivity contribution in [2.45, 2.75) is 6.18 Å². The molecule has 0 aliphatic rings. The molecule has 2 N–H and O–H groups in total. The fraction of sp³-hybridized carbons (Fsp3) is 0.0909. The Morgan fingerprint density at radius 3 is 2.42 bits per heavy atom. The monoisotopic (exact) mass is 273 g/mol. The minimum atomic E-state index is -4.81. The van der Waals surface area contributed by atoms with Gasteiger partial charge in [0.15, 0.2) is 5.82 Å². The molecule has 2 rings (SSSR count). The van der Waals surface area contributed by atoms with E-state index < -0.39 is 17.6 Å². The van der Waals surface area contributed by atoms with Gasteiger partial charge < -0.3 is 10.5 Å². The third-order valence-corrected chi connectivity index (χ3v) is 2.15. The Morgan fingerprint density at radius 1 is 1.11 bits per heavy atom. The second-order valence-corrected chi connectivity index (χ2v) is 3.49. The van der Waals surface area contributed by atoms with Crippen LogP contribution >= 0.6 is 0 Å². The summed E-state index contributed by atoms with van der Waals surface area (Å²) < 4.78 is 55.6. The van der Waals surface area contributed by atoms with Crippen molar-refractivity contribution in [3.63, 3.8) is 0 Å². The number of rotatable bonds is 2. The predicted molar refractivity (Wildman–Crippen MR) is 57.9 cm³/mol. The summed E-state index contributed by atoms with van der Waals surface area (Å²) in [4.78, 5) is 7.36. The zero-order valence-corrected chi connectivity index (χ0v) is 9.28. The summed E-state index contributed by atoms with van der Waals surface area (Å²) in [7, 11) is 0. The number of nitrogens with zero attached hydrogens (tertiary/aromatic N) is 2. The van der Waals surface area contributed by atoms with Crippen molar-refractivity contribution in [1.82, 2.24) is 9.97 Å². The van der Waals surface area contributed by atoms with Crippen LogP contribution in [0.25, 0.3) is 0 Å². The zero-order valence-electron chi connectivity index (χ0n) is 9.28. The molecule has 0 spiro atoms. The van der Waals surface area contributed by atoms with Crippen LogP contribution in [0.15, 0.2) is 30.6 Å². The molecule has 0 saturated carbocycles. The lowest BCUT2D eigenvalue weighted by Gasteiger charge is -2.11. The largest absolute Gasteiger partial charge is 0.436 e. The van der Waals surface area contributed by atoms with Crippen LogP contribution in [0, 0.1) is 5.82 Å².